The molecule has 3 rings (SSSR count). The number of carbonyl (C=O) groups is 2. The maximum Gasteiger partial charge on any atom is 0.334 e. The Morgan fingerprint density at radius 2 is 2.22 bits per heavy atom. The van der Waals surface area contributed by atoms with E-state index in [0.29, 0.717) is 5.65 Å². The molecule has 2 aromatic rings. The molecule has 2 aromatic heterocycles. The summed E-state index contributed by atoms with van der Waals surface area (Å²) in [4.78, 5) is 41.4. The molecule has 8 heteroatoms. The summed E-state index contributed by atoms with van der Waals surface area (Å²) >= 11 is 0. The van der Waals surface area contributed by atoms with Gasteiger partial charge in [-0.2, -0.15) is 0 Å². The summed E-state index contributed by atoms with van der Waals surface area (Å²) in [6, 6.07) is 3.49. The highest BCUT2D eigenvalue weighted by atomic mass is 16.5. The van der Waals surface area contributed by atoms with Crippen LogP contribution in [-0.4, -0.2) is 57.1 Å². The highest BCUT2D eigenvalue weighted by Gasteiger charge is 2.30. The molecule has 120 valence electrons. The van der Waals surface area contributed by atoms with Crippen LogP contribution < -0.4 is 5.56 Å². The summed E-state index contributed by atoms with van der Waals surface area (Å²) in [5.41, 5.74) is 0.848. The van der Waals surface area contributed by atoms with Crippen molar-refractivity contribution in [2.24, 2.45) is 0 Å². The molecule has 1 unspecified atom stereocenters. The van der Waals surface area contributed by atoms with E-state index in [9.17, 15) is 14.4 Å². The lowest BCUT2D eigenvalue weighted by molar-refractivity contribution is -0.154. The summed E-state index contributed by atoms with van der Waals surface area (Å²) in [6.07, 6.45) is 1.73. The summed E-state index contributed by atoms with van der Waals surface area (Å²) in [5, 5.41) is 8.99. The van der Waals surface area contributed by atoms with Gasteiger partial charge in [0.05, 0.1) is 13.2 Å². The number of aryl methyl sites for hydroxylation is 1. The third kappa shape index (κ3) is 2.80. The minimum Gasteiger partial charge on any atom is -0.479 e. The number of ether oxygens (including phenoxy) is 1. The summed E-state index contributed by atoms with van der Waals surface area (Å²) < 4.78 is 6.38. The Labute approximate surface area is 130 Å². The smallest absolute Gasteiger partial charge is 0.334 e. The van der Waals surface area contributed by atoms with Gasteiger partial charge in [0, 0.05) is 18.9 Å². The molecule has 1 aliphatic heterocycles. The fourth-order valence-electron chi connectivity index (χ4n) is 2.48. The van der Waals surface area contributed by atoms with E-state index in [1.165, 1.54) is 15.5 Å². The van der Waals surface area contributed by atoms with Crippen LogP contribution in [0.2, 0.25) is 0 Å². The average Bonchev–Trinajstić information content (AvgIpc) is 2.54. The Morgan fingerprint density at radius 3 is 2.96 bits per heavy atom. The number of fused-ring (bicyclic) bond motifs is 1. The number of amides is 1. The fraction of sp³-hybridized carbons (Fsp3) is 0.333. The third-order valence-corrected chi connectivity index (χ3v) is 3.72. The second-order valence-electron chi connectivity index (χ2n) is 5.36. The first-order valence-electron chi connectivity index (χ1n) is 7.09. The first-order valence-corrected chi connectivity index (χ1v) is 7.09. The second-order valence-corrected chi connectivity index (χ2v) is 5.36. The molecule has 0 radical (unpaired) electrons. The van der Waals surface area contributed by atoms with Crippen molar-refractivity contribution in [1.82, 2.24) is 14.3 Å². The van der Waals surface area contributed by atoms with Gasteiger partial charge < -0.3 is 14.7 Å². The van der Waals surface area contributed by atoms with Crippen LogP contribution in [0, 0.1) is 6.92 Å². The SMILES string of the molecule is Cc1ccn2c(=O)c(C(=O)N3CCOC(C(=O)O)C3)cnc2c1. The number of morpholine rings is 1. The van der Waals surface area contributed by atoms with Gasteiger partial charge >= 0.3 is 5.97 Å². The van der Waals surface area contributed by atoms with E-state index in [1.54, 1.807) is 18.3 Å². The van der Waals surface area contributed by atoms with Crippen LogP contribution in [0.1, 0.15) is 15.9 Å². The van der Waals surface area contributed by atoms with E-state index in [0.717, 1.165) is 5.56 Å². The zero-order valence-electron chi connectivity index (χ0n) is 12.4. The molecule has 0 bridgehead atoms. The van der Waals surface area contributed by atoms with Gasteiger partial charge in [-0.25, -0.2) is 9.78 Å². The number of carboxylic acids is 1. The first-order chi connectivity index (χ1) is 11.0. The Bertz CT molecular complexity index is 845. The van der Waals surface area contributed by atoms with Gasteiger partial charge in [0.15, 0.2) is 6.10 Å². The van der Waals surface area contributed by atoms with Crippen molar-refractivity contribution >= 4 is 17.5 Å². The Kier molecular flexibility index (Phi) is 3.83. The number of hydrogen-bond donors (Lipinski definition) is 1. The molecule has 1 atom stereocenters. The van der Waals surface area contributed by atoms with Crippen molar-refractivity contribution in [2.75, 3.05) is 19.7 Å². The zero-order chi connectivity index (χ0) is 16.6. The van der Waals surface area contributed by atoms with Gasteiger partial charge in [-0.05, 0) is 24.6 Å². The summed E-state index contributed by atoms with van der Waals surface area (Å²) in [6.45, 7) is 2.14. The quantitative estimate of drug-likeness (QED) is 0.832. The molecule has 23 heavy (non-hydrogen) atoms. The van der Waals surface area contributed by atoms with Crippen molar-refractivity contribution < 1.29 is 19.4 Å². The minimum absolute atomic E-state index is 0.0857. The molecule has 1 fully saturated rings. The molecular formula is C15H15N3O5. The molecule has 0 saturated carbocycles. The fourth-order valence-corrected chi connectivity index (χ4v) is 2.48. The number of aromatic nitrogens is 2. The predicted molar refractivity (Wildman–Crippen MR) is 79.5 cm³/mol. The molecule has 0 aromatic carbocycles. The summed E-state index contributed by atoms with van der Waals surface area (Å²) in [5.74, 6) is -1.67. The number of nitrogens with zero attached hydrogens (tertiary/aromatic N) is 3. The number of carboxylic acid groups (broad SMARTS) is 1. The van der Waals surface area contributed by atoms with Crippen molar-refractivity contribution in [3.05, 3.63) is 46.0 Å². The molecule has 8 nitrogen and oxygen atoms in total. The maximum atomic E-state index is 12.5. The Balaban J connectivity index is 1.95. The highest BCUT2D eigenvalue weighted by molar-refractivity contribution is 5.94. The predicted octanol–water partition coefficient (Wildman–Crippen LogP) is -0.0715. The Morgan fingerprint density at radius 1 is 1.43 bits per heavy atom. The van der Waals surface area contributed by atoms with E-state index in [2.05, 4.69) is 4.98 Å². The summed E-state index contributed by atoms with van der Waals surface area (Å²) in [7, 11) is 0. The highest BCUT2D eigenvalue weighted by Crippen LogP contribution is 2.10. The number of pyridine rings is 1. The van der Waals surface area contributed by atoms with Crippen LogP contribution in [0.4, 0.5) is 0 Å². The largest absolute Gasteiger partial charge is 0.479 e. The maximum absolute atomic E-state index is 12.5. The lowest BCUT2D eigenvalue weighted by Crippen LogP contribution is -2.49. The van der Waals surface area contributed by atoms with Crippen LogP contribution in [-0.2, 0) is 9.53 Å². The van der Waals surface area contributed by atoms with E-state index in [-0.39, 0.29) is 25.3 Å². The van der Waals surface area contributed by atoms with Gasteiger partial charge in [-0.1, -0.05) is 0 Å². The van der Waals surface area contributed by atoms with Gasteiger partial charge in [-0.15, -0.1) is 0 Å². The van der Waals surface area contributed by atoms with Gasteiger partial charge in [0.25, 0.3) is 11.5 Å². The molecule has 0 aliphatic carbocycles. The van der Waals surface area contributed by atoms with Crippen molar-refractivity contribution in [2.45, 2.75) is 13.0 Å². The number of hydrogen-bond acceptors (Lipinski definition) is 5. The average molecular weight is 317 g/mol. The molecule has 1 amide bonds. The van der Waals surface area contributed by atoms with Crippen LogP contribution >= 0.6 is 0 Å². The monoisotopic (exact) mass is 317 g/mol. The van der Waals surface area contributed by atoms with E-state index >= 15 is 0 Å². The van der Waals surface area contributed by atoms with Crippen molar-refractivity contribution in [1.29, 1.82) is 0 Å². The normalized spacial score (nSPS) is 18.1. The zero-order valence-corrected chi connectivity index (χ0v) is 12.4. The van der Waals surface area contributed by atoms with Gasteiger partial charge in [0.1, 0.15) is 11.2 Å². The number of rotatable bonds is 2. The van der Waals surface area contributed by atoms with Crippen LogP contribution in [0.25, 0.3) is 5.65 Å². The van der Waals surface area contributed by atoms with E-state index in [1.807, 2.05) is 6.92 Å². The second kappa shape index (κ2) is 5.81. The molecule has 1 N–H and O–H groups in total. The van der Waals surface area contributed by atoms with Crippen molar-refractivity contribution in [3.8, 4) is 0 Å². The lowest BCUT2D eigenvalue weighted by Gasteiger charge is -2.30. The minimum atomic E-state index is -1.13. The first kappa shape index (κ1) is 15.2. The lowest BCUT2D eigenvalue weighted by atomic mass is 10.2. The topological polar surface area (TPSA) is 101 Å². The van der Waals surface area contributed by atoms with E-state index in [4.69, 9.17) is 9.84 Å². The van der Waals surface area contributed by atoms with Crippen LogP contribution in [0.15, 0.2) is 29.3 Å². The van der Waals surface area contributed by atoms with Crippen LogP contribution in [0.5, 0.6) is 0 Å². The van der Waals surface area contributed by atoms with Crippen molar-refractivity contribution in [3.63, 3.8) is 0 Å². The Hall–Kier alpha value is -2.74. The number of aliphatic carboxylic acids is 1. The van der Waals surface area contributed by atoms with Gasteiger partial charge in [-0.3, -0.25) is 14.0 Å². The molecule has 3 heterocycles. The molecule has 1 aliphatic rings. The number of carbonyl (C=O) groups excluding carboxylic acids is 1. The standard InChI is InChI=1S/C15H15N3O5/c1-9-2-3-18-12(6-9)16-7-10(14(18)20)13(19)17-4-5-23-11(8-17)15(21)22/h2-3,6-7,11H,4-5,8H2,1H3,(H,21,22). The van der Waals surface area contributed by atoms with E-state index < -0.39 is 23.5 Å². The molecular weight excluding hydrogens is 302 g/mol. The molecule has 1 saturated heterocycles. The molecule has 0 spiro atoms. The van der Waals surface area contributed by atoms with Gasteiger partial charge in [0.2, 0.25) is 0 Å². The van der Waals surface area contributed by atoms with Crippen LogP contribution in [0.3, 0.4) is 0 Å². The third-order valence-electron chi connectivity index (χ3n) is 3.72.